The molecule has 20 heavy (non-hydrogen) atoms. The first-order valence-corrected chi connectivity index (χ1v) is 8.94. The third-order valence-corrected chi connectivity index (χ3v) is 4.81. The van der Waals surface area contributed by atoms with Crippen molar-refractivity contribution >= 4 is 15.9 Å². The number of amides is 1. The molecule has 0 spiro atoms. The number of sulfonamides is 1. The molecule has 0 bridgehead atoms. The van der Waals surface area contributed by atoms with Crippen molar-refractivity contribution < 1.29 is 17.9 Å². The fraction of sp³-hybridized carbons (Fsp3) is 0.923. The number of nitrogens with zero attached hydrogens (tertiary/aromatic N) is 1. The van der Waals surface area contributed by atoms with E-state index in [2.05, 4.69) is 5.32 Å². The Morgan fingerprint density at radius 2 is 1.95 bits per heavy atom. The minimum absolute atomic E-state index is 0.0396. The highest BCUT2D eigenvalue weighted by Crippen LogP contribution is 2.24. The highest BCUT2D eigenvalue weighted by Gasteiger charge is 2.30. The van der Waals surface area contributed by atoms with Gasteiger partial charge in [0.25, 0.3) is 0 Å². The molecular formula is C13H26N2O4S. The zero-order valence-corrected chi connectivity index (χ0v) is 13.4. The number of hydrogen-bond donors (Lipinski definition) is 1. The Labute approximate surface area is 121 Å². The standard InChI is InChI=1S/C13H26N2O4S/c1-11(10-19-2)14-13(16)9-15(20(3,17)18)12-7-5-4-6-8-12/h11-12H,4-10H2,1-3H3,(H,14,16)/t11-/m0/s1. The Balaban J connectivity index is 2.63. The van der Waals surface area contributed by atoms with Crippen LogP contribution in [0.1, 0.15) is 39.0 Å². The average Bonchev–Trinajstić information content (AvgIpc) is 2.36. The summed E-state index contributed by atoms with van der Waals surface area (Å²) in [4.78, 5) is 12.0. The monoisotopic (exact) mass is 306 g/mol. The van der Waals surface area contributed by atoms with Gasteiger partial charge in [-0.3, -0.25) is 4.79 Å². The van der Waals surface area contributed by atoms with Gasteiger partial charge >= 0.3 is 0 Å². The minimum Gasteiger partial charge on any atom is -0.383 e. The predicted molar refractivity (Wildman–Crippen MR) is 77.9 cm³/mol. The molecule has 0 aliphatic heterocycles. The van der Waals surface area contributed by atoms with E-state index in [9.17, 15) is 13.2 Å². The first-order valence-electron chi connectivity index (χ1n) is 7.09. The molecule has 0 unspecified atom stereocenters. The lowest BCUT2D eigenvalue weighted by Gasteiger charge is -2.32. The summed E-state index contributed by atoms with van der Waals surface area (Å²) in [6.07, 6.45) is 6.05. The minimum atomic E-state index is -3.37. The zero-order valence-electron chi connectivity index (χ0n) is 12.6. The Morgan fingerprint density at radius 3 is 2.45 bits per heavy atom. The fourth-order valence-electron chi connectivity index (χ4n) is 2.64. The summed E-state index contributed by atoms with van der Waals surface area (Å²) < 4.78 is 30.1. The van der Waals surface area contributed by atoms with Gasteiger partial charge in [0.1, 0.15) is 0 Å². The molecule has 0 radical (unpaired) electrons. The summed E-state index contributed by atoms with van der Waals surface area (Å²) in [5.74, 6) is -0.273. The topological polar surface area (TPSA) is 75.7 Å². The second-order valence-corrected chi connectivity index (χ2v) is 7.46. The number of methoxy groups -OCH3 is 1. The van der Waals surface area contributed by atoms with Crippen LogP contribution in [0.25, 0.3) is 0 Å². The molecule has 1 fully saturated rings. The molecule has 1 rings (SSSR count). The molecule has 1 N–H and O–H groups in total. The molecule has 0 saturated heterocycles. The van der Waals surface area contributed by atoms with E-state index in [1.54, 1.807) is 7.11 Å². The number of carbonyl (C=O) groups excluding carboxylic acids is 1. The summed E-state index contributed by atoms with van der Waals surface area (Å²) in [7, 11) is -1.80. The van der Waals surface area contributed by atoms with E-state index >= 15 is 0 Å². The van der Waals surface area contributed by atoms with E-state index in [4.69, 9.17) is 4.74 Å². The van der Waals surface area contributed by atoms with Crippen molar-refractivity contribution in [3.8, 4) is 0 Å². The first kappa shape index (κ1) is 17.4. The quantitative estimate of drug-likeness (QED) is 0.752. The van der Waals surface area contributed by atoms with Crippen LogP contribution in [0.4, 0.5) is 0 Å². The van der Waals surface area contributed by atoms with Crippen molar-refractivity contribution in [1.82, 2.24) is 9.62 Å². The van der Waals surface area contributed by atoms with Crippen LogP contribution in [-0.4, -0.2) is 57.2 Å². The maximum atomic E-state index is 12.0. The van der Waals surface area contributed by atoms with Crippen LogP contribution in [-0.2, 0) is 19.6 Å². The lowest BCUT2D eigenvalue weighted by atomic mass is 9.95. The van der Waals surface area contributed by atoms with Crippen LogP contribution >= 0.6 is 0 Å². The van der Waals surface area contributed by atoms with Gasteiger partial charge in [-0.15, -0.1) is 0 Å². The van der Waals surface area contributed by atoms with E-state index < -0.39 is 10.0 Å². The van der Waals surface area contributed by atoms with E-state index in [1.165, 1.54) is 10.6 Å². The normalized spacial score (nSPS) is 19.0. The molecule has 1 aliphatic carbocycles. The lowest BCUT2D eigenvalue weighted by molar-refractivity contribution is -0.122. The Morgan fingerprint density at radius 1 is 1.35 bits per heavy atom. The molecule has 7 heteroatoms. The molecule has 6 nitrogen and oxygen atoms in total. The van der Waals surface area contributed by atoms with Crippen LogP contribution < -0.4 is 5.32 Å². The summed E-state index contributed by atoms with van der Waals surface area (Å²) in [6, 6.07) is -0.164. The van der Waals surface area contributed by atoms with Gasteiger partial charge in [0.05, 0.1) is 19.4 Å². The maximum absolute atomic E-state index is 12.0. The van der Waals surface area contributed by atoms with Gasteiger partial charge in [-0.05, 0) is 19.8 Å². The Bertz CT molecular complexity index is 405. The highest BCUT2D eigenvalue weighted by atomic mass is 32.2. The van der Waals surface area contributed by atoms with Gasteiger partial charge in [-0.25, -0.2) is 8.42 Å². The number of ether oxygens (including phenoxy) is 1. The van der Waals surface area contributed by atoms with Gasteiger partial charge in [-0.1, -0.05) is 19.3 Å². The molecule has 0 heterocycles. The second-order valence-electron chi connectivity index (χ2n) is 5.52. The van der Waals surface area contributed by atoms with Gasteiger partial charge < -0.3 is 10.1 Å². The second kappa shape index (κ2) is 7.95. The number of nitrogens with one attached hydrogen (secondary N) is 1. The van der Waals surface area contributed by atoms with E-state index in [0.29, 0.717) is 6.61 Å². The largest absolute Gasteiger partial charge is 0.383 e. The number of rotatable bonds is 7. The van der Waals surface area contributed by atoms with Crippen molar-refractivity contribution in [2.24, 2.45) is 0 Å². The zero-order chi connectivity index (χ0) is 15.2. The lowest BCUT2D eigenvalue weighted by Crippen LogP contribution is -2.48. The predicted octanol–water partition coefficient (Wildman–Crippen LogP) is 0.732. The van der Waals surface area contributed by atoms with E-state index in [0.717, 1.165) is 32.1 Å². The van der Waals surface area contributed by atoms with Crippen molar-refractivity contribution in [1.29, 1.82) is 0 Å². The number of carbonyl (C=O) groups is 1. The Hall–Kier alpha value is -0.660. The van der Waals surface area contributed by atoms with Crippen LogP contribution in [0.5, 0.6) is 0 Å². The van der Waals surface area contributed by atoms with Gasteiger partial charge in [0.15, 0.2) is 0 Å². The molecule has 0 aromatic carbocycles. The van der Waals surface area contributed by atoms with Crippen molar-refractivity contribution in [2.45, 2.75) is 51.1 Å². The molecule has 1 saturated carbocycles. The summed E-state index contributed by atoms with van der Waals surface area (Å²) in [5.41, 5.74) is 0. The summed E-state index contributed by atoms with van der Waals surface area (Å²) in [6.45, 7) is 2.14. The summed E-state index contributed by atoms with van der Waals surface area (Å²) >= 11 is 0. The highest BCUT2D eigenvalue weighted by molar-refractivity contribution is 7.88. The Kier molecular flexibility index (Phi) is 6.91. The molecule has 1 aliphatic rings. The van der Waals surface area contributed by atoms with Gasteiger partial charge in [-0.2, -0.15) is 4.31 Å². The van der Waals surface area contributed by atoms with Crippen LogP contribution in [0.2, 0.25) is 0 Å². The number of hydrogen-bond acceptors (Lipinski definition) is 4. The molecular weight excluding hydrogens is 280 g/mol. The first-order chi connectivity index (χ1) is 9.34. The third-order valence-electron chi connectivity index (χ3n) is 3.53. The maximum Gasteiger partial charge on any atom is 0.235 e. The van der Waals surface area contributed by atoms with Crippen molar-refractivity contribution in [3.05, 3.63) is 0 Å². The SMILES string of the molecule is COC[C@H](C)NC(=O)CN(C1CCCCC1)S(C)(=O)=O. The van der Waals surface area contributed by atoms with E-state index in [-0.39, 0.29) is 24.5 Å². The van der Waals surface area contributed by atoms with Crippen LogP contribution in [0, 0.1) is 0 Å². The summed E-state index contributed by atoms with van der Waals surface area (Å²) in [5, 5.41) is 2.75. The van der Waals surface area contributed by atoms with E-state index in [1.807, 2.05) is 6.92 Å². The molecule has 1 amide bonds. The van der Waals surface area contributed by atoms with Crippen LogP contribution in [0.15, 0.2) is 0 Å². The smallest absolute Gasteiger partial charge is 0.235 e. The van der Waals surface area contributed by atoms with Crippen LogP contribution in [0.3, 0.4) is 0 Å². The molecule has 118 valence electrons. The molecule has 0 aromatic heterocycles. The fourth-order valence-corrected chi connectivity index (χ4v) is 3.74. The van der Waals surface area contributed by atoms with Crippen molar-refractivity contribution in [2.75, 3.05) is 26.5 Å². The van der Waals surface area contributed by atoms with Gasteiger partial charge in [0, 0.05) is 19.2 Å². The average molecular weight is 306 g/mol. The van der Waals surface area contributed by atoms with Gasteiger partial charge in [0.2, 0.25) is 15.9 Å². The molecule has 0 aromatic rings. The third kappa shape index (κ3) is 5.76. The van der Waals surface area contributed by atoms with Crippen molar-refractivity contribution in [3.63, 3.8) is 0 Å². The molecule has 1 atom stereocenters.